The number of Topliss-reactive ketones (excluding diaryl/α,β-unsaturated/α-hetero) is 1. The third-order valence-corrected chi connectivity index (χ3v) is 2.31. The standard InChI is InChI=1S/C12H12FNO/c1-2-9(6-7-14)12(15)10-4-3-5-11(13)8-10/h3-5,8-9H,2,6H2,1H3. The molecule has 0 spiro atoms. The number of nitriles is 1. The predicted octanol–water partition coefficient (Wildman–Crippen LogP) is 2.95. The largest absolute Gasteiger partial charge is 0.294 e. The van der Waals surface area contributed by atoms with Gasteiger partial charge in [0.05, 0.1) is 6.07 Å². The van der Waals surface area contributed by atoms with Crippen molar-refractivity contribution in [1.82, 2.24) is 0 Å². The molecule has 0 aromatic heterocycles. The Kier molecular flexibility index (Phi) is 3.99. The van der Waals surface area contributed by atoms with Crippen LogP contribution in [0.5, 0.6) is 0 Å². The second kappa shape index (κ2) is 5.26. The molecule has 0 amide bonds. The van der Waals surface area contributed by atoms with Crippen LogP contribution in [-0.2, 0) is 0 Å². The number of benzene rings is 1. The first-order valence-corrected chi connectivity index (χ1v) is 4.85. The van der Waals surface area contributed by atoms with Gasteiger partial charge in [0, 0.05) is 17.9 Å². The van der Waals surface area contributed by atoms with Crippen LogP contribution in [0.3, 0.4) is 0 Å². The summed E-state index contributed by atoms with van der Waals surface area (Å²) in [5, 5.41) is 8.54. The summed E-state index contributed by atoms with van der Waals surface area (Å²) in [7, 11) is 0. The van der Waals surface area contributed by atoms with Gasteiger partial charge in [0.15, 0.2) is 5.78 Å². The molecule has 1 aromatic carbocycles. The molecule has 0 aliphatic heterocycles. The average Bonchev–Trinajstić information content (AvgIpc) is 2.25. The molecule has 0 aliphatic carbocycles. The summed E-state index contributed by atoms with van der Waals surface area (Å²) in [6, 6.07) is 7.55. The molecular weight excluding hydrogens is 193 g/mol. The Morgan fingerprint density at radius 3 is 2.87 bits per heavy atom. The molecule has 1 rings (SSSR count). The minimum atomic E-state index is -0.423. The number of carbonyl (C=O) groups excluding carboxylic acids is 1. The first-order valence-electron chi connectivity index (χ1n) is 4.85. The summed E-state index contributed by atoms with van der Waals surface area (Å²) in [5.74, 6) is -0.900. The lowest BCUT2D eigenvalue weighted by atomic mass is 9.93. The van der Waals surface area contributed by atoms with Crippen molar-refractivity contribution in [2.24, 2.45) is 5.92 Å². The fourth-order valence-corrected chi connectivity index (χ4v) is 1.41. The molecule has 3 heteroatoms. The van der Waals surface area contributed by atoms with Crippen LogP contribution in [0.2, 0.25) is 0 Å². The monoisotopic (exact) mass is 205 g/mol. The number of nitrogens with zero attached hydrogens (tertiary/aromatic N) is 1. The van der Waals surface area contributed by atoms with E-state index in [0.717, 1.165) is 0 Å². The van der Waals surface area contributed by atoms with E-state index in [0.29, 0.717) is 12.0 Å². The highest BCUT2D eigenvalue weighted by molar-refractivity contribution is 5.97. The van der Waals surface area contributed by atoms with Crippen LogP contribution >= 0.6 is 0 Å². The zero-order valence-electron chi connectivity index (χ0n) is 8.53. The number of rotatable bonds is 4. The molecule has 0 bridgehead atoms. The maximum absolute atomic E-state index is 12.9. The Morgan fingerprint density at radius 1 is 1.60 bits per heavy atom. The van der Waals surface area contributed by atoms with Gasteiger partial charge in [-0.2, -0.15) is 5.26 Å². The quantitative estimate of drug-likeness (QED) is 0.709. The zero-order valence-corrected chi connectivity index (χ0v) is 8.53. The average molecular weight is 205 g/mol. The lowest BCUT2D eigenvalue weighted by molar-refractivity contribution is 0.0918. The summed E-state index contributed by atoms with van der Waals surface area (Å²) in [6.07, 6.45) is 0.786. The van der Waals surface area contributed by atoms with Gasteiger partial charge < -0.3 is 0 Å². The fraction of sp³-hybridized carbons (Fsp3) is 0.333. The van der Waals surface area contributed by atoms with Gasteiger partial charge in [-0.25, -0.2) is 4.39 Å². The van der Waals surface area contributed by atoms with Gasteiger partial charge in [0.1, 0.15) is 5.82 Å². The van der Waals surface area contributed by atoms with Gasteiger partial charge in [0.25, 0.3) is 0 Å². The van der Waals surface area contributed by atoms with Crippen LogP contribution in [0.1, 0.15) is 30.1 Å². The molecule has 0 radical (unpaired) electrons. The van der Waals surface area contributed by atoms with Gasteiger partial charge in [-0.3, -0.25) is 4.79 Å². The van der Waals surface area contributed by atoms with Gasteiger partial charge in [-0.05, 0) is 18.6 Å². The zero-order chi connectivity index (χ0) is 11.3. The molecule has 0 heterocycles. The van der Waals surface area contributed by atoms with E-state index < -0.39 is 5.82 Å². The number of hydrogen-bond acceptors (Lipinski definition) is 2. The van der Waals surface area contributed by atoms with Crippen molar-refractivity contribution in [2.45, 2.75) is 19.8 Å². The molecule has 0 aliphatic rings. The Balaban J connectivity index is 2.88. The predicted molar refractivity (Wildman–Crippen MR) is 54.7 cm³/mol. The molecule has 2 nitrogen and oxygen atoms in total. The van der Waals surface area contributed by atoms with Crippen molar-refractivity contribution in [3.8, 4) is 6.07 Å². The highest BCUT2D eigenvalue weighted by Crippen LogP contribution is 2.16. The van der Waals surface area contributed by atoms with Crippen molar-refractivity contribution in [3.05, 3.63) is 35.6 Å². The van der Waals surface area contributed by atoms with Crippen LogP contribution < -0.4 is 0 Å². The molecular formula is C12H12FNO. The van der Waals surface area contributed by atoms with Crippen LogP contribution in [0.15, 0.2) is 24.3 Å². The summed E-state index contributed by atoms with van der Waals surface area (Å²) < 4.78 is 12.9. The van der Waals surface area contributed by atoms with Gasteiger partial charge in [-0.1, -0.05) is 19.1 Å². The molecule has 15 heavy (non-hydrogen) atoms. The van der Waals surface area contributed by atoms with E-state index in [1.165, 1.54) is 18.2 Å². The summed E-state index contributed by atoms with van der Waals surface area (Å²) in [5.41, 5.74) is 0.345. The highest BCUT2D eigenvalue weighted by atomic mass is 19.1. The molecule has 1 atom stereocenters. The summed E-state index contributed by atoms with van der Waals surface area (Å²) >= 11 is 0. The van der Waals surface area contributed by atoms with Crippen molar-refractivity contribution >= 4 is 5.78 Å². The lowest BCUT2D eigenvalue weighted by Crippen LogP contribution is -2.13. The second-order valence-electron chi connectivity index (χ2n) is 3.34. The smallest absolute Gasteiger partial charge is 0.167 e. The molecule has 1 unspecified atom stereocenters. The van der Waals surface area contributed by atoms with Crippen molar-refractivity contribution < 1.29 is 9.18 Å². The van der Waals surface area contributed by atoms with E-state index >= 15 is 0 Å². The number of carbonyl (C=O) groups is 1. The molecule has 78 valence electrons. The second-order valence-corrected chi connectivity index (χ2v) is 3.34. The van der Waals surface area contributed by atoms with Gasteiger partial charge in [-0.15, -0.1) is 0 Å². The normalized spacial score (nSPS) is 11.8. The maximum Gasteiger partial charge on any atom is 0.167 e. The van der Waals surface area contributed by atoms with Gasteiger partial charge >= 0.3 is 0 Å². The van der Waals surface area contributed by atoms with Crippen LogP contribution in [0, 0.1) is 23.1 Å². The molecule has 0 saturated heterocycles. The SMILES string of the molecule is CCC(CC#N)C(=O)c1cccc(F)c1. The first kappa shape index (κ1) is 11.4. The Hall–Kier alpha value is -1.69. The number of halogens is 1. The Labute approximate surface area is 88.3 Å². The van der Waals surface area contributed by atoms with Crippen molar-refractivity contribution in [3.63, 3.8) is 0 Å². The molecule has 0 fully saturated rings. The van der Waals surface area contributed by atoms with Crippen LogP contribution in [-0.4, -0.2) is 5.78 Å². The van der Waals surface area contributed by atoms with Crippen LogP contribution in [0.4, 0.5) is 4.39 Å². The van der Waals surface area contributed by atoms with E-state index in [-0.39, 0.29) is 18.1 Å². The minimum Gasteiger partial charge on any atom is -0.294 e. The lowest BCUT2D eigenvalue weighted by Gasteiger charge is -2.09. The van der Waals surface area contributed by atoms with E-state index in [4.69, 9.17) is 5.26 Å². The highest BCUT2D eigenvalue weighted by Gasteiger charge is 2.17. The molecule has 1 aromatic rings. The Bertz CT molecular complexity index is 395. The van der Waals surface area contributed by atoms with Crippen LogP contribution in [0.25, 0.3) is 0 Å². The fourth-order valence-electron chi connectivity index (χ4n) is 1.41. The first-order chi connectivity index (χ1) is 7.19. The number of hydrogen-bond donors (Lipinski definition) is 0. The van der Waals surface area contributed by atoms with Gasteiger partial charge in [0.2, 0.25) is 0 Å². The third-order valence-electron chi connectivity index (χ3n) is 2.31. The van der Waals surface area contributed by atoms with E-state index in [9.17, 15) is 9.18 Å². The Morgan fingerprint density at radius 2 is 2.33 bits per heavy atom. The van der Waals surface area contributed by atoms with E-state index in [1.807, 2.05) is 13.0 Å². The molecule has 0 N–H and O–H groups in total. The summed E-state index contributed by atoms with van der Waals surface area (Å²) in [4.78, 5) is 11.8. The minimum absolute atomic E-state index is 0.154. The topological polar surface area (TPSA) is 40.9 Å². The summed E-state index contributed by atoms with van der Waals surface area (Å²) in [6.45, 7) is 1.85. The van der Waals surface area contributed by atoms with E-state index in [2.05, 4.69) is 0 Å². The van der Waals surface area contributed by atoms with Crippen molar-refractivity contribution in [1.29, 1.82) is 5.26 Å². The number of ketones is 1. The van der Waals surface area contributed by atoms with Crippen molar-refractivity contribution in [2.75, 3.05) is 0 Å². The van der Waals surface area contributed by atoms with E-state index in [1.54, 1.807) is 6.07 Å². The third kappa shape index (κ3) is 2.88. The maximum atomic E-state index is 12.9. The molecule has 0 saturated carbocycles.